The van der Waals surface area contributed by atoms with Crippen LogP contribution in [0, 0.1) is 0 Å². The summed E-state index contributed by atoms with van der Waals surface area (Å²) >= 11 is 0. The van der Waals surface area contributed by atoms with Gasteiger partial charge in [-0.25, -0.2) is 4.79 Å². The zero-order valence-corrected chi connectivity index (χ0v) is 15.9. The SMILES string of the molecule is CC(=O)N1CCN(C(=O)CN2CCN(c3ccc4c(c3)OCCO4)C2=O)CC1. The molecule has 0 saturated carbocycles. The number of fused-ring (bicyclic) bond motifs is 1. The second kappa shape index (κ2) is 7.57. The molecule has 0 aliphatic carbocycles. The Hall–Kier alpha value is -2.97. The van der Waals surface area contributed by atoms with Crippen molar-refractivity contribution >= 4 is 23.5 Å². The quantitative estimate of drug-likeness (QED) is 0.748. The lowest BCUT2D eigenvalue weighted by Gasteiger charge is -2.34. The Morgan fingerprint density at radius 1 is 0.929 bits per heavy atom. The molecule has 3 aliphatic rings. The molecule has 0 unspecified atom stereocenters. The standard InChI is InChI=1S/C19H24N4O5/c1-14(24)20-4-6-21(7-5-20)18(25)13-22-8-9-23(19(22)26)15-2-3-16-17(12-15)28-11-10-27-16/h2-3,12H,4-11,13H2,1H3. The molecule has 3 heterocycles. The van der Waals surface area contributed by atoms with E-state index in [-0.39, 0.29) is 24.4 Å². The molecule has 1 aromatic carbocycles. The maximum absolute atomic E-state index is 12.8. The van der Waals surface area contributed by atoms with E-state index in [0.717, 1.165) is 5.69 Å². The number of amides is 4. The third kappa shape index (κ3) is 3.56. The van der Waals surface area contributed by atoms with Gasteiger partial charge in [0.05, 0.1) is 0 Å². The summed E-state index contributed by atoms with van der Waals surface area (Å²) in [6, 6.07) is 5.25. The van der Waals surface area contributed by atoms with Crippen LogP contribution in [0.3, 0.4) is 0 Å². The molecule has 0 radical (unpaired) electrons. The molecule has 28 heavy (non-hydrogen) atoms. The lowest BCUT2D eigenvalue weighted by Crippen LogP contribution is -2.52. The topological polar surface area (TPSA) is 82.6 Å². The van der Waals surface area contributed by atoms with Gasteiger partial charge in [0.2, 0.25) is 11.8 Å². The first-order valence-corrected chi connectivity index (χ1v) is 9.52. The van der Waals surface area contributed by atoms with Crippen molar-refractivity contribution in [1.82, 2.24) is 14.7 Å². The normalized spacial score (nSPS) is 19.2. The van der Waals surface area contributed by atoms with E-state index in [0.29, 0.717) is 64.0 Å². The molecule has 2 fully saturated rings. The Bertz CT molecular complexity index is 791. The largest absolute Gasteiger partial charge is 0.486 e. The van der Waals surface area contributed by atoms with Crippen LogP contribution in [0.2, 0.25) is 0 Å². The molecule has 3 aliphatic heterocycles. The Labute approximate surface area is 163 Å². The third-order valence-electron chi connectivity index (χ3n) is 5.34. The van der Waals surface area contributed by atoms with Crippen molar-refractivity contribution in [1.29, 1.82) is 0 Å². The lowest BCUT2D eigenvalue weighted by atomic mass is 10.2. The minimum atomic E-state index is -0.188. The number of urea groups is 1. The minimum absolute atomic E-state index is 0.0249. The number of anilines is 1. The second-order valence-corrected chi connectivity index (χ2v) is 7.07. The van der Waals surface area contributed by atoms with E-state index in [9.17, 15) is 14.4 Å². The molecule has 9 nitrogen and oxygen atoms in total. The van der Waals surface area contributed by atoms with Crippen molar-refractivity contribution in [3.8, 4) is 11.5 Å². The van der Waals surface area contributed by atoms with Crippen molar-refractivity contribution in [3.05, 3.63) is 18.2 Å². The van der Waals surface area contributed by atoms with E-state index in [1.807, 2.05) is 6.07 Å². The summed E-state index contributed by atoms with van der Waals surface area (Å²) in [4.78, 5) is 43.4. The number of ether oxygens (including phenoxy) is 2. The van der Waals surface area contributed by atoms with E-state index in [4.69, 9.17) is 9.47 Å². The summed E-state index contributed by atoms with van der Waals surface area (Å²) in [6.07, 6.45) is 0. The van der Waals surface area contributed by atoms with Crippen molar-refractivity contribution in [2.24, 2.45) is 0 Å². The summed E-state index contributed by atoms with van der Waals surface area (Å²) in [5.74, 6) is 1.25. The monoisotopic (exact) mass is 388 g/mol. The van der Waals surface area contributed by atoms with Gasteiger partial charge in [0.15, 0.2) is 11.5 Å². The summed E-state index contributed by atoms with van der Waals surface area (Å²) in [5, 5.41) is 0. The third-order valence-corrected chi connectivity index (χ3v) is 5.34. The molecule has 0 aromatic heterocycles. The van der Waals surface area contributed by atoms with E-state index in [2.05, 4.69) is 0 Å². The molecule has 1 aromatic rings. The number of hydrogen-bond donors (Lipinski definition) is 0. The molecule has 4 amide bonds. The predicted octanol–water partition coefficient (Wildman–Crippen LogP) is 0.391. The van der Waals surface area contributed by atoms with Crippen LogP contribution in [-0.2, 0) is 9.59 Å². The number of benzene rings is 1. The molecule has 0 bridgehead atoms. The first kappa shape index (κ1) is 18.4. The van der Waals surface area contributed by atoms with Gasteiger partial charge in [-0.05, 0) is 12.1 Å². The molecule has 2 saturated heterocycles. The Kier molecular flexibility index (Phi) is 4.97. The van der Waals surface area contributed by atoms with Gasteiger partial charge in [-0.15, -0.1) is 0 Å². The van der Waals surface area contributed by atoms with E-state index < -0.39 is 0 Å². The van der Waals surface area contributed by atoms with Crippen LogP contribution in [0.1, 0.15) is 6.92 Å². The van der Waals surface area contributed by atoms with E-state index in [1.165, 1.54) is 6.92 Å². The highest BCUT2D eigenvalue weighted by molar-refractivity contribution is 5.96. The van der Waals surface area contributed by atoms with Crippen molar-refractivity contribution < 1.29 is 23.9 Å². The number of piperazine rings is 1. The molecule has 150 valence electrons. The Morgan fingerprint density at radius 3 is 2.32 bits per heavy atom. The number of nitrogens with zero attached hydrogens (tertiary/aromatic N) is 4. The van der Waals surface area contributed by atoms with Gasteiger partial charge in [-0.2, -0.15) is 0 Å². The van der Waals surface area contributed by atoms with Crippen LogP contribution in [0.4, 0.5) is 10.5 Å². The zero-order chi connectivity index (χ0) is 19.7. The first-order chi connectivity index (χ1) is 13.5. The van der Waals surface area contributed by atoms with Crippen LogP contribution in [0.15, 0.2) is 18.2 Å². The van der Waals surface area contributed by atoms with Gasteiger partial charge in [-0.3, -0.25) is 14.5 Å². The average Bonchev–Trinajstić information content (AvgIpc) is 3.08. The van der Waals surface area contributed by atoms with Gasteiger partial charge in [-0.1, -0.05) is 0 Å². The molecular formula is C19H24N4O5. The van der Waals surface area contributed by atoms with Gasteiger partial charge in [0.25, 0.3) is 0 Å². The van der Waals surface area contributed by atoms with E-state index in [1.54, 1.807) is 31.7 Å². The number of carbonyl (C=O) groups is 3. The summed E-state index contributed by atoms with van der Waals surface area (Å²) in [7, 11) is 0. The Balaban J connectivity index is 1.36. The van der Waals surface area contributed by atoms with Crippen molar-refractivity contribution in [3.63, 3.8) is 0 Å². The van der Waals surface area contributed by atoms with E-state index >= 15 is 0 Å². The number of hydrogen-bond acceptors (Lipinski definition) is 5. The molecule has 0 atom stereocenters. The highest BCUT2D eigenvalue weighted by atomic mass is 16.6. The average molecular weight is 388 g/mol. The summed E-state index contributed by atoms with van der Waals surface area (Å²) in [5.41, 5.74) is 0.735. The smallest absolute Gasteiger partial charge is 0.325 e. The fraction of sp³-hybridized carbons (Fsp3) is 0.526. The van der Waals surface area contributed by atoms with Crippen LogP contribution in [-0.4, -0.2) is 91.6 Å². The number of carbonyl (C=O) groups excluding carboxylic acids is 3. The molecular weight excluding hydrogens is 364 g/mol. The molecule has 4 rings (SSSR count). The Morgan fingerprint density at radius 2 is 1.61 bits per heavy atom. The van der Waals surface area contributed by atoms with Crippen LogP contribution in [0.5, 0.6) is 11.5 Å². The van der Waals surface area contributed by atoms with Crippen LogP contribution >= 0.6 is 0 Å². The molecule has 9 heteroatoms. The number of rotatable bonds is 3. The maximum atomic E-state index is 12.8. The second-order valence-electron chi connectivity index (χ2n) is 7.07. The van der Waals surface area contributed by atoms with Gasteiger partial charge < -0.3 is 24.2 Å². The van der Waals surface area contributed by atoms with Crippen molar-refractivity contribution in [2.75, 3.05) is 63.9 Å². The fourth-order valence-electron chi connectivity index (χ4n) is 3.70. The summed E-state index contributed by atoms with van der Waals surface area (Å²) in [6.45, 7) is 5.70. The van der Waals surface area contributed by atoms with Crippen LogP contribution < -0.4 is 14.4 Å². The fourth-order valence-corrected chi connectivity index (χ4v) is 3.70. The van der Waals surface area contributed by atoms with Gasteiger partial charge >= 0.3 is 6.03 Å². The first-order valence-electron chi connectivity index (χ1n) is 9.52. The summed E-state index contributed by atoms with van der Waals surface area (Å²) < 4.78 is 11.1. The highest BCUT2D eigenvalue weighted by Crippen LogP contribution is 2.35. The van der Waals surface area contributed by atoms with Crippen LogP contribution in [0.25, 0.3) is 0 Å². The van der Waals surface area contributed by atoms with Gasteiger partial charge in [0.1, 0.15) is 19.8 Å². The van der Waals surface area contributed by atoms with Crippen molar-refractivity contribution in [2.45, 2.75) is 6.92 Å². The zero-order valence-electron chi connectivity index (χ0n) is 15.9. The lowest BCUT2D eigenvalue weighted by molar-refractivity contribution is -0.138. The molecule has 0 N–H and O–H groups in total. The minimum Gasteiger partial charge on any atom is -0.486 e. The maximum Gasteiger partial charge on any atom is 0.325 e. The highest BCUT2D eigenvalue weighted by Gasteiger charge is 2.33. The van der Waals surface area contributed by atoms with Gasteiger partial charge in [0, 0.05) is 57.9 Å². The molecule has 0 spiro atoms. The predicted molar refractivity (Wildman–Crippen MR) is 101 cm³/mol.